The van der Waals surface area contributed by atoms with Crippen molar-refractivity contribution < 1.29 is 42.9 Å². The molecule has 0 saturated carbocycles. The van der Waals surface area contributed by atoms with Crippen molar-refractivity contribution in [3.8, 4) is 27.3 Å². The van der Waals surface area contributed by atoms with E-state index in [9.17, 15) is 24.3 Å². The van der Waals surface area contributed by atoms with Crippen LogP contribution in [0.5, 0.6) is 5.75 Å². The summed E-state index contributed by atoms with van der Waals surface area (Å²) in [5, 5.41) is 28.1. The van der Waals surface area contributed by atoms with Gasteiger partial charge in [-0.15, -0.1) is 21.5 Å². The molecule has 77 heavy (non-hydrogen) atoms. The first kappa shape index (κ1) is 54.1. The zero-order valence-electron chi connectivity index (χ0n) is 43.7. The minimum atomic E-state index is -0.981. The molecule has 0 radical (unpaired) electrons. The van der Waals surface area contributed by atoms with Crippen molar-refractivity contribution in [2.45, 2.75) is 71.8 Å². The summed E-state index contributed by atoms with van der Waals surface area (Å²) in [7, 11) is 0. The van der Waals surface area contributed by atoms with E-state index in [1.54, 1.807) is 30.1 Å². The number of aryl methyl sites for hydroxylation is 1. The number of benzene rings is 3. The van der Waals surface area contributed by atoms with Gasteiger partial charge in [0.25, 0.3) is 0 Å². The number of hydrogen-bond acceptors (Lipinski definition) is 16. The summed E-state index contributed by atoms with van der Waals surface area (Å²) in [4.78, 5) is 69.6. The summed E-state index contributed by atoms with van der Waals surface area (Å²) in [6.45, 7) is 11.3. The second-order valence-corrected chi connectivity index (χ2v) is 21.0. The van der Waals surface area contributed by atoms with Crippen molar-refractivity contribution in [3.63, 3.8) is 0 Å². The first-order chi connectivity index (χ1) is 37.3. The molecule has 3 aromatic carbocycles. The molecule has 2 fully saturated rings. The van der Waals surface area contributed by atoms with E-state index in [1.807, 2.05) is 103 Å². The molecule has 4 N–H and O–H groups in total. The molecule has 2 aliphatic heterocycles. The Morgan fingerprint density at radius 1 is 0.870 bits per heavy atom. The Bertz CT molecular complexity index is 3100. The number of likely N-dealkylation sites (tertiary alicyclic amines) is 1. The van der Waals surface area contributed by atoms with Gasteiger partial charge in [0, 0.05) is 63.1 Å². The number of nitrogens with zero attached hydrogens (tertiary/aromatic N) is 8. The third kappa shape index (κ3) is 13.8. The Labute approximate surface area is 450 Å². The normalized spacial score (nSPS) is 16.1. The number of nitrogens with one attached hydrogen (secondary N) is 3. The number of aliphatic hydroxyl groups excluding tert-OH is 1. The van der Waals surface area contributed by atoms with Crippen LogP contribution in [-0.2, 0) is 48.2 Å². The molecule has 20 nitrogen and oxygen atoms in total. The molecule has 4 amide bonds. The molecule has 2 aliphatic rings. The lowest BCUT2D eigenvalue weighted by molar-refractivity contribution is -0.144. The van der Waals surface area contributed by atoms with Gasteiger partial charge in [0.1, 0.15) is 43.1 Å². The van der Waals surface area contributed by atoms with Gasteiger partial charge in [0.05, 0.1) is 61.2 Å². The van der Waals surface area contributed by atoms with Gasteiger partial charge in [-0.1, -0.05) is 69.3 Å². The minimum absolute atomic E-state index is 0.0259. The Kier molecular flexibility index (Phi) is 17.5. The van der Waals surface area contributed by atoms with Gasteiger partial charge >= 0.3 is 0 Å². The van der Waals surface area contributed by atoms with Gasteiger partial charge < -0.3 is 54.4 Å². The monoisotopic (exact) mass is 1070 g/mol. The summed E-state index contributed by atoms with van der Waals surface area (Å²) in [6.07, 6.45) is 4.53. The second kappa shape index (κ2) is 25.0. The molecule has 9 rings (SSSR count). The number of rotatable bonds is 22. The topological polar surface area (TPSA) is 231 Å². The molecular weight excluding hydrogens is 1000 g/mol. The highest BCUT2D eigenvalue weighted by Gasteiger charge is 2.44. The van der Waals surface area contributed by atoms with E-state index in [4.69, 9.17) is 18.6 Å². The van der Waals surface area contributed by atoms with Crippen LogP contribution in [0.1, 0.15) is 49.8 Å². The SMILES string of the molecule is Cc1ncsc1-c1ccc(CNC(=O)[C@@H]2C[C@@H](O)CN2C(=O)[C@@H](NC(=O)COCCOCCOc2cccc(CC(=O)N3CCN(c4ccc(-c5cnc(NCc6ccco6)n6cnnc56)cc4)CC3)c2)C(C)(C)C)cc1. The Morgan fingerprint density at radius 2 is 1.64 bits per heavy atom. The van der Waals surface area contributed by atoms with Crippen molar-refractivity contribution in [3.05, 3.63) is 132 Å². The number of β-amino-alcohol motifs (C(OH)–C–C–N with tert-alkyl or cyclic N) is 1. The van der Waals surface area contributed by atoms with Crippen LogP contribution in [0, 0.1) is 12.3 Å². The zero-order chi connectivity index (χ0) is 53.9. The van der Waals surface area contributed by atoms with Crippen molar-refractivity contribution >= 4 is 52.2 Å². The number of furan rings is 1. The van der Waals surface area contributed by atoms with Gasteiger partial charge in [-0.2, -0.15) is 0 Å². The fraction of sp³-hybridized carbons (Fsp3) is 0.393. The van der Waals surface area contributed by atoms with Crippen LogP contribution in [0.4, 0.5) is 11.6 Å². The highest BCUT2D eigenvalue weighted by atomic mass is 32.1. The largest absolute Gasteiger partial charge is 0.491 e. The molecular formula is C56H65N11O9S. The number of thiazole rings is 1. The number of hydrogen-bond donors (Lipinski definition) is 4. The van der Waals surface area contributed by atoms with Crippen molar-refractivity contribution in [1.29, 1.82) is 0 Å². The maximum absolute atomic E-state index is 14.0. The number of anilines is 2. The molecule has 4 aromatic heterocycles. The molecule has 21 heteroatoms. The number of fused-ring (bicyclic) bond motifs is 1. The fourth-order valence-electron chi connectivity index (χ4n) is 9.42. The Hall–Kier alpha value is -7.72. The van der Waals surface area contributed by atoms with E-state index in [0.29, 0.717) is 50.1 Å². The highest BCUT2D eigenvalue weighted by Crippen LogP contribution is 2.30. The average molecular weight is 1070 g/mol. The van der Waals surface area contributed by atoms with Gasteiger partial charge in [-0.25, -0.2) is 9.97 Å². The quantitative estimate of drug-likeness (QED) is 0.0611. The van der Waals surface area contributed by atoms with Crippen LogP contribution < -0.4 is 25.6 Å². The average Bonchev–Trinajstić information content (AvgIpc) is 4.32. The van der Waals surface area contributed by atoms with Crippen molar-refractivity contribution in [1.82, 2.24) is 45.0 Å². The number of ether oxygens (including phenoxy) is 3. The lowest BCUT2D eigenvalue weighted by atomic mass is 9.85. The van der Waals surface area contributed by atoms with E-state index in [1.165, 1.54) is 4.90 Å². The number of aliphatic hydroxyl groups is 1. The lowest BCUT2D eigenvalue weighted by Crippen LogP contribution is -2.58. The van der Waals surface area contributed by atoms with E-state index in [-0.39, 0.29) is 70.8 Å². The van der Waals surface area contributed by atoms with Crippen molar-refractivity contribution in [2.75, 3.05) is 76.0 Å². The molecule has 2 saturated heterocycles. The molecule has 7 aromatic rings. The molecule has 0 spiro atoms. The zero-order valence-corrected chi connectivity index (χ0v) is 44.5. The standard InChI is InChI=1S/C56H65N11O9S/c1-37-50(77-36-60-37)41-12-10-38(11-13-41)30-57-53(71)47-29-43(68)33-66(47)54(72)51(56(2,3)4)62-48(69)34-74-24-23-73-25-26-76-44-8-5-7-39(27-44)28-49(70)65-20-18-64(19-21-65)42-16-14-40(15-17-42)46-32-59-55(67-35-61-63-52(46)67)58-31-45-9-6-22-75-45/h5-17,22,27,32,35-36,43,47,51,68H,18-21,23-26,28-31,33-34H2,1-4H3,(H,57,71)(H,58,59)(H,62,69)/t43-,47+,51-/m1/s1. The Morgan fingerprint density at radius 3 is 2.38 bits per heavy atom. The third-order valence-corrected chi connectivity index (χ3v) is 14.6. The molecule has 0 unspecified atom stereocenters. The molecule has 0 aliphatic carbocycles. The fourth-order valence-corrected chi connectivity index (χ4v) is 10.2. The van der Waals surface area contributed by atoms with Gasteiger partial charge in [-0.05, 0) is 71.0 Å². The molecule has 404 valence electrons. The number of amides is 4. The van der Waals surface area contributed by atoms with Gasteiger partial charge in [0.15, 0.2) is 5.65 Å². The van der Waals surface area contributed by atoms with Crippen LogP contribution in [0.2, 0.25) is 0 Å². The molecule has 6 heterocycles. The molecule has 3 atom stereocenters. The number of aromatic nitrogens is 5. The van der Waals surface area contributed by atoms with Crippen LogP contribution in [-0.4, -0.2) is 147 Å². The van der Waals surface area contributed by atoms with Crippen LogP contribution in [0.15, 0.2) is 114 Å². The van der Waals surface area contributed by atoms with E-state index in [0.717, 1.165) is 49.8 Å². The summed E-state index contributed by atoms with van der Waals surface area (Å²) >= 11 is 1.57. The number of carbonyl (C=O) groups is 4. The maximum atomic E-state index is 14.0. The summed E-state index contributed by atoms with van der Waals surface area (Å²) in [5.74, 6) is 0.761. The summed E-state index contributed by atoms with van der Waals surface area (Å²) in [5.41, 5.74) is 8.43. The minimum Gasteiger partial charge on any atom is -0.491 e. The third-order valence-electron chi connectivity index (χ3n) is 13.6. The Balaban J connectivity index is 0.652. The summed E-state index contributed by atoms with van der Waals surface area (Å²) in [6, 6.07) is 25.5. The number of carbonyl (C=O) groups excluding carboxylic acids is 4. The maximum Gasteiger partial charge on any atom is 0.246 e. The first-order valence-electron chi connectivity index (χ1n) is 25.8. The van der Waals surface area contributed by atoms with Crippen LogP contribution in [0.3, 0.4) is 0 Å². The second-order valence-electron chi connectivity index (χ2n) is 20.1. The van der Waals surface area contributed by atoms with Crippen molar-refractivity contribution in [2.24, 2.45) is 5.41 Å². The van der Waals surface area contributed by atoms with E-state index in [2.05, 4.69) is 65.3 Å². The lowest BCUT2D eigenvalue weighted by Gasteiger charge is -2.36. The van der Waals surface area contributed by atoms with Crippen LogP contribution >= 0.6 is 11.3 Å². The molecule has 0 bridgehead atoms. The van der Waals surface area contributed by atoms with Gasteiger partial charge in [0.2, 0.25) is 29.6 Å². The van der Waals surface area contributed by atoms with Crippen LogP contribution in [0.25, 0.3) is 27.2 Å². The number of piperazine rings is 1. The summed E-state index contributed by atoms with van der Waals surface area (Å²) < 4.78 is 24.5. The first-order valence-corrected chi connectivity index (χ1v) is 26.7. The van der Waals surface area contributed by atoms with E-state index < -0.39 is 35.4 Å². The highest BCUT2D eigenvalue weighted by molar-refractivity contribution is 7.13. The predicted octanol–water partition coefficient (Wildman–Crippen LogP) is 5.54. The predicted molar refractivity (Wildman–Crippen MR) is 290 cm³/mol. The van der Waals surface area contributed by atoms with Gasteiger partial charge in [-0.3, -0.25) is 23.6 Å². The smallest absolute Gasteiger partial charge is 0.246 e. The van der Waals surface area contributed by atoms with E-state index >= 15 is 0 Å².